The van der Waals surface area contributed by atoms with Gasteiger partial charge in [-0.25, -0.2) is 0 Å². The van der Waals surface area contributed by atoms with Gasteiger partial charge in [0, 0.05) is 23.3 Å². The molecule has 2 N–H and O–H groups in total. The highest BCUT2D eigenvalue weighted by Gasteiger charge is 1.92. The van der Waals surface area contributed by atoms with E-state index in [4.69, 9.17) is 17.3 Å². The zero-order valence-corrected chi connectivity index (χ0v) is 7.53. The Balaban J connectivity index is 0.000001000. The van der Waals surface area contributed by atoms with Crippen LogP contribution in [-0.2, 0) is 6.42 Å². The van der Waals surface area contributed by atoms with Gasteiger partial charge >= 0.3 is 0 Å². The second-order valence-electron chi connectivity index (χ2n) is 2.00. The molecule has 0 aromatic carbocycles. The maximum atomic E-state index is 5.70. The molecule has 4 heteroatoms. The van der Waals surface area contributed by atoms with Crippen molar-refractivity contribution in [3.05, 3.63) is 29.0 Å². The fourth-order valence-electron chi connectivity index (χ4n) is 0.733. The fraction of sp³-hybridized carbons (Fsp3) is 0.286. The van der Waals surface area contributed by atoms with Gasteiger partial charge in [0.25, 0.3) is 0 Å². The molecule has 0 spiro atoms. The predicted octanol–water partition coefficient (Wildman–Crippen LogP) is 1.66. The van der Waals surface area contributed by atoms with Crippen LogP contribution in [0.4, 0.5) is 0 Å². The summed E-state index contributed by atoms with van der Waals surface area (Å²) in [5.41, 5.74) is 6.28. The SMILES string of the molecule is Cl.NCCc1cc(Cl)ccn1. The molecule has 0 bridgehead atoms. The molecule has 62 valence electrons. The maximum Gasteiger partial charge on any atom is 0.0439 e. The lowest BCUT2D eigenvalue weighted by Gasteiger charge is -1.95. The van der Waals surface area contributed by atoms with Crippen LogP contribution in [0.2, 0.25) is 5.02 Å². The van der Waals surface area contributed by atoms with Crippen molar-refractivity contribution in [1.82, 2.24) is 4.98 Å². The van der Waals surface area contributed by atoms with Gasteiger partial charge in [0.1, 0.15) is 0 Å². The van der Waals surface area contributed by atoms with Crippen LogP contribution in [-0.4, -0.2) is 11.5 Å². The first kappa shape index (κ1) is 10.7. The van der Waals surface area contributed by atoms with Gasteiger partial charge < -0.3 is 5.73 Å². The maximum absolute atomic E-state index is 5.70. The fourth-order valence-corrected chi connectivity index (χ4v) is 0.916. The number of hydrogen-bond acceptors (Lipinski definition) is 2. The third kappa shape index (κ3) is 3.56. The Kier molecular flexibility index (Phi) is 5.20. The number of nitrogens with two attached hydrogens (primary N) is 1. The minimum absolute atomic E-state index is 0. The Morgan fingerprint density at radius 2 is 2.27 bits per heavy atom. The highest BCUT2D eigenvalue weighted by Crippen LogP contribution is 2.07. The topological polar surface area (TPSA) is 38.9 Å². The molecule has 0 atom stereocenters. The van der Waals surface area contributed by atoms with Crippen LogP contribution in [0.1, 0.15) is 5.69 Å². The molecule has 0 saturated carbocycles. The molecule has 0 aliphatic carbocycles. The second kappa shape index (κ2) is 5.35. The van der Waals surface area contributed by atoms with Crippen molar-refractivity contribution in [3.63, 3.8) is 0 Å². The second-order valence-corrected chi connectivity index (χ2v) is 2.44. The molecule has 1 aromatic heterocycles. The van der Waals surface area contributed by atoms with Crippen molar-refractivity contribution >= 4 is 24.0 Å². The molecular formula is C7H10Cl2N2. The average Bonchev–Trinajstić information content (AvgIpc) is 1.88. The van der Waals surface area contributed by atoms with Crippen LogP contribution in [0.3, 0.4) is 0 Å². The van der Waals surface area contributed by atoms with Gasteiger partial charge in [0.15, 0.2) is 0 Å². The summed E-state index contributed by atoms with van der Waals surface area (Å²) in [6.45, 7) is 0.618. The normalized spacial score (nSPS) is 8.91. The first-order valence-corrected chi connectivity index (χ1v) is 3.51. The summed E-state index contributed by atoms with van der Waals surface area (Å²) in [6, 6.07) is 3.58. The van der Waals surface area contributed by atoms with Crippen molar-refractivity contribution in [2.45, 2.75) is 6.42 Å². The quantitative estimate of drug-likeness (QED) is 0.775. The molecule has 0 aliphatic rings. The zero-order chi connectivity index (χ0) is 7.40. The average molecular weight is 193 g/mol. The summed E-state index contributed by atoms with van der Waals surface area (Å²) in [6.07, 6.45) is 2.48. The Morgan fingerprint density at radius 1 is 1.55 bits per heavy atom. The lowest BCUT2D eigenvalue weighted by atomic mass is 10.3. The van der Waals surface area contributed by atoms with E-state index in [1.807, 2.05) is 6.07 Å². The van der Waals surface area contributed by atoms with Crippen LogP contribution < -0.4 is 5.73 Å². The molecular weight excluding hydrogens is 183 g/mol. The number of rotatable bonds is 2. The van der Waals surface area contributed by atoms with Crippen LogP contribution in [0.15, 0.2) is 18.3 Å². The summed E-state index contributed by atoms with van der Waals surface area (Å²) in [7, 11) is 0. The summed E-state index contributed by atoms with van der Waals surface area (Å²) >= 11 is 5.70. The lowest BCUT2D eigenvalue weighted by Crippen LogP contribution is -2.03. The minimum Gasteiger partial charge on any atom is -0.330 e. The van der Waals surface area contributed by atoms with Crippen molar-refractivity contribution in [1.29, 1.82) is 0 Å². The molecule has 0 unspecified atom stereocenters. The largest absolute Gasteiger partial charge is 0.330 e. The van der Waals surface area contributed by atoms with E-state index >= 15 is 0 Å². The van der Waals surface area contributed by atoms with Gasteiger partial charge in [-0.1, -0.05) is 11.6 Å². The summed E-state index contributed by atoms with van der Waals surface area (Å²) in [5, 5.41) is 0.721. The van der Waals surface area contributed by atoms with Crippen molar-refractivity contribution in [2.75, 3.05) is 6.54 Å². The standard InChI is InChI=1S/C7H9ClN2.ClH/c8-6-2-4-10-7(5-6)1-3-9;/h2,4-5H,1,3,9H2;1H. The molecule has 0 saturated heterocycles. The van der Waals surface area contributed by atoms with Gasteiger partial charge in [-0.15, -0.1) is 12.4 Å². The van der Waals surface area contributed by atoms with Crippen molar-refractivity contribution < 1.29 is 0 Å². The third-order valence-corrected chi connectivity index (χ3v) is 1.41. The highest BCUT2D eigenvalue weighted by molar-refractivity contribution is 6.30. The van der Waals surface area contributed by atoms with Crippen molar-refractivity contribution in [3.8, 4) is 0 Å². The first-order chi connectivity index (χ1) is 4.83. The smallest absolute Gasteiger partial charge is 0.0439 e. The molecule has 1 rings (SSSR count). The van der Waals surface area contributed by atoms with Gasteiger partial charge in [0.2, 0.25) is 0 Å². The lowest BCUT2D eigenvalue weighted by molar-refractivity contribution is 0.923. The number of aromatic nitrogens is 1. The predicted molar refractivity (Wildman–Crippen MR) is 49.3 cm³/mol. The van der Waals surface area contributed by atoms with Crippen LogP contribution >= 0.6 is 24.0 Å². The van der Waals surface area contributed by atoms with Gasteiger partial charge in [0.05, 0.1) is 0 Å². The number of pyridine rings is 1. The molecule has 11 heavy (non-hydrogen) atoms. The van der Waals surface area contributed by atoms with E-state index in [-0.39, 0.29) is 12.4 Å². The molecule has 1 aromatic rings. The monoisotopic (exact) mass is 192 g/mol. The third-order valence-electron chi connectivity index (χ3n) is 1.18. The van der Waals surface area contributed by atoms with E-state index in [2.05, 4.69) is 4.98 Å². The Labute approximate surface area is 77.2 Å². The highest BCUT2D eigenvalue weighted by atomic mass is 35.5. The first-order valence-electron chi connectivity index (χ1n) is 3.13. The summed E-state index contributed by atoms with van der Waals surface area (Å²) in [5.74, 6) is 0. The molecule has 0 aliphatic heterocycles. The van der Waals surface area contributed by atoms with E-state index in [9.17, 15) is 0 Å². The summed E-state index contributed by atoms with van der Waals surface area (Å²) in [4.78, 5) is 4.06. The molecule has 0 radical (unpaired) electrons. The Hall–Kier alpha value is -0.310. The molecule has 0 amide bonds. The van der Waals surface area contributed by atoms with Gasteiger partial charge in [-0.2, -0.15) is 0 Å². The zero-order valence-electron chi connectivity index (χ0n) is 5.96. The molecule has 2 nitrogen and oxygen atoms in total. The Bertz CT molecular complexity index is 215. The minimum atomic E-state index is 0. The van der Waals surface area contributed by atoms with Gasteiger partial charge in [-0.05, 0) is 18.7 Å². The van der Waals surface area contributed by atoms with E-state index in [0.29, 0.717) is 6.54 Å². The molecule has 1 heterocycles. The van der Waals surface area contributed by atoms with E-state index < -0.39 is 0 Å². The number of hydrogen-bond donors (Lipinski definition) is 1. The van der Waals surface area contributed by atoms with Crippen LogP contribution in [0, 0.1) is 0 Å². The van der Waals surface area contributed by atoms with E-state index in [1.165, 1.54) is 0 Å². The van der Waals surface area contributed by atoms with E-state index in [1.54, 1.807) is 12.3 Å². The Morgan fingerprint density at radius 3 is 2.82 bits per heavy atom. The van der Waals surface area contributed by atoms with Crippen LogP contribution in [0.5, 0.6) is 0 Å². The van der Waals surface area contributed by atoms with Crippen LogP contribution in [0.25, 0.3) is 0 Å². The molecule has 0 fully saturated rings. The number of halogens is 2. The summed E-state index contributed by atoms with van der Waals surface area (Å²) < 4.78 is 0. The van der Waals surface area contributed by atoms with Gasteiger partial charge in [-0.3, -0.25) is 4.98 Å². The van der Waals surface area contributed by atoms with E-state index in [0.717, 1.165) is 17.1 Å². The van der Waals surface area contributed by atoms with Crippen molar-refractivity contribution in [2.24, 2.45) is 5.73 Å². The number of nitrogens with zero attached hydrogens (tertiary/aromatic N) is 1.